The number of anilines is 1. The van der Waals surface area contributed by atoms with Gasteiger partial charge in [-0.1, -0.05) is 13.8 Å². The molecule has 1 heterocycles. The quantitative estimate of drug-likeness (QED) is 0.683. The minimum Gasteiger partial charge on any atom is -0.385 e. The molecule has 6 nitrogen and oxygen atoms in total. The summed E-state index contributed by atoms with van der Waals surface area (Å²) in [5.41, 5.74) is 0.830. The second-order valence-electron chi connectivity index (χ2n) is 6.16. The summed E-state index contributed by atoms with van der Waals surface area (Å²) in [6.07, 6.45) is 0.916. The topological polar surface area (TPSA) is 75.5 Å². The average molecular weight is 291 g/mol. The van der Waals surface area contributed by atoms with Crippen molar-refractivity contribution in [1.29, 1.82) is 0 Å². The molecule has 6 heteroatoms. The van der Waals surface area contributed by atoms with Crippen LogP contribution >= 0.6 is 0 Å². The van der Waals surface area contributed by atoms with Crippen molar-refractivity contribution in [3.05, 3.63) is 33.9 Å². The molecule has 0 aliphatic carbocycles. The monoisotopic (exact) mass is 291 g/mol. The molecule has 1 saturated heterocycles. The molecule has 0 unspecified atom stereocenters. The van der Waals surface area contributed by atoms with E-state index in [0.717, 1.165) is 12.1 Å². The first-order valence-corrected chi connectivity index (χ1v) is 7.15. The van der Waals surface area contributed by atoms with E-state index in [-0.39, 0.29) is 22.6 Å². The van der Waals surface area contributed by atoms with Crippen LogP contribution in [-0.4, -0.2) is 35.4 Å². The Labute approximate surface area is 124 Å². The fourth-order valence-corrected chi connectivity index (χ4v) is 2.64. The van der Waals surface area contributed by atoms with Crippen LogP contribution in [-0.2, 0) is 0 Å². The fourth-order valence-electron chi connectivity index (χ4n) is 2.64. The fraction of sp³-hybridized carbons (Fsp3) is 0.533. The zero-order valence-electron chi connectivity index (χ0n) is 12.7. The predicted octanol–water partition coefficient (Wildman–Crippen LogP) is 2.90. The molecule has 1 N–H and O–H groups in total. The van der Waals surface area contributed by atoms with Gasteiger partial charge in [0.15, 0.2) is 0 Å². The Morgan fingerprint density at radius 3 is 2.71 bits per heavy atom. The van der Waals surface area contributed by atoms with Crippen LogP contribution < -0.4 is 5.32 Å². The van der Waals surface area contributed by atoms with Gasteiger partial charge in [-0.2, -0.15) is 0 Å². The smallest absolute Gasteiger partial charge is 0.282 e. The lowest BCUT2D eigenvalue weighted by atomic mass is 9.93. The molecule has 1 aliphatic rings. The highest BCUT2D eigenvalue weighted by atomic mass is 16.6. The van der Waals surface area contributed by atoms with Crippen LogP contribution in [0.3, 0.4) is 0 Å². The molecule has 1 aromatic rings. The highest BCUT2D eigenvalue weighted by molar-refractivity contribution is 5.99. The maximum Gasteiger partial charge on any atom is 0.282 e. The van der Waals surface area contributed by atoms with E-state index in [4.69, 9.17) is 0 Å². The van der Waals surface area contributed by atoms with Crippen molar-refractivity contribution in [2.24, 2.45) is 5.41 Å². The van der Waals surface area contributed by atoms with E-state index in [1.807, 2.05) is 6.92 Å². The van der Waals surface area contributed by atoms with Crippen molar-refractivity contribution in [2.45, 2.75) is 27.2 Å². The van der Waals surface area contributed by atoms with Gasteiger partial charge in [0.2, 0.25) is 0 Å². The Morgan fingerprint density at radius 1 is 1.48 bits per heavy atom. The molecule has 0 saturated carbocycles. The first-order chi connectivity index (χ1) is 9.84. The Balaban J connectivity index is 2.34. The van der Waals surface area contributed by atoms with Gasteiger partial charge in [-0.15, -0.1) is 0 Å². The molecule has 0 aromatic heterocycles. The third-order valence-electron chi connectivity index (χ3n) is 3.77. The number of hydrogen-bond acceptors (Lipinski definition) is 4. The van der Waals surface area contributed by atoms with Crippen molar-refractivity contribution in [2.75, 3.05) is 25.0 Å². The summed E-state index contributed by atoms with van der Waals surface area (Å²) in [5.74, 6) is -0.257. The molecule has 0 spiro atoms. The molecule has 21 heavy (non-hydrogen) atoms. The van der Waals surface area contributed by atoms with Crippen LogP contribution in [0.1, 0.15) is 37.6 Å². The standard InChI is InChI=1S/C15H21N3O3/c1-4-16-11-5-6-13(18(20)21)12(9-11)14(19)17-8-7-15(2,3)10-17/h5-6,9,16H,4,7-8,10H2,1-3H3. The lowest BCUT2D eigenvalue weighted by Crippen LogP contribution is -2.30. The zero-order valence-corrected chi connectivity index (χ0v) is 12.7. The van der Waals surface area contributed by atoms with Gasteiger partial charge < -0.3 is 10.2 Å². The number of hydrogen-bond donors (Lipinski definition) is 1. The van der Waals surface area contributed by atoms with E-state index in [2.05, 4.69) is 19.2 Å². The Hall–Kier alpha value is -2.11. The predicted molar refractivity (Wildman–Crippen MR) is 81.6 cm³/mol. The number of nitrogens with one attached hydrogen (secondary N) is 1. The van der Waals surface area contributed by atoms with Crippen LogP contribution in [0.4, 0.5) is 11.4 Å². The molecular weight excluding hydrogens is 270 g/mol. The third-order valence-corrected chi connectivity index (χ3v) is 3.77. The van der Waals surface area contributed by atoms with Crippen molar-refractivity contribution in [1.82, 2.24) is 4.90 Å². The molecule has 0 radical (unpaired) electrons. The summed E-state index contributed by atoms with van der Waals surface area (Å²) < 4.78 is 0. The maximum absolute atomic E-state index is 12.6. The molecule has 114 valence electrons. The lowest BCUT2D eigenvalue weighted by Gasteiger charge is -2.20. The van der Waals surface area contributed by atoms with E-state index in [1.165, 1.54) is 6.07 Å². The number of rotatable bonds is 4. The molecule has 1 amide bonds. The number of carbonyl (C=O) groups excluding carboxylic acids is 1. The number of benzene rings is 1. The second-order valence-corrected chi connectivity index (χ2v) is 6.16. The Bertz CT molecular complexity index is 569. The number of nitrogens with zero attached hydrogens (tertiary/aromatic N) is 2. The van der Waals surface area contributed by atoms with Gasteiger partial charge in [0.25, 0.3) is 11.6 Å². The van der Waals surface area contributed by atoms with Crippen LogP contribution in [0.2, 0.25) is 0 Å². The van der Waals surface area contributed by atoms with Gasteiger partial charge in [-0.3, -0.25) is 14.9 Å². The van der Waals surface area contributed by atoms with Gasteiger partial charge in [0.05, 0.1) is 4.92 Å². The van der Waals surface area contributed by atoms with E-state index >= 15 is 0 Å². The van der Waals surface area contributed by atoms with E-state index in [9.17, 15) is 14.9 Å². The molecule has 0 atom stereocenters. The molecule has 2 rings (SSSR count). The van der Waals surface area contributed by atoms with Gasteiger partial charge in [-0.25, -0.2) is 0 Å². The van der Waals surface area contributed by atoms with Gasteiger partial charge in [0.1, 0.15) is 5.56 Å². The molecule has 1 aromatic carbocycles. The number of likely N-dealkylation sites (tertiary alicyclic amines) is 1. The average Bonchev–Trinajstić information content (AvgIpc) is 2.78. The van der Waals surface area contributed by atoms with Crippen LogP contribution in [0.25, 0.3) is 0 Å². The Morgan fingerprint density at radius 2 is 2.19 bits per heavy atom. The van der Waals surface area contributed by atoms with Crippen molar-refractivity contribution < 1.29 is 9.72 Å². The van der Waals surface area contributed by atoms with Gasteiger partial charge in [0, 0.05) is 31.4 Å². The molecular formula is C15H21N3O3. The number of nitro benzene ring substituents is 1. The van der Waals surface area contributed by atoms with Crippen LogP contribution in [0.15, 0.2) is 18.2 Å². The minimum absolute atomic E-state index is 0.0731. The number of amides is 1. The summed E-state index contributed by atoms with van der Waals surface area (Å²) in [6, 6.07) is 4.61. The largest absolute Gasteiger partial charge is 0.385 e. The number of nitro groups is 1. The lowest BCUT2D eigenvalue weighted by molar-refractivity contribution is -0.385. The highest BCUT2D eigenvalue weighted by Gasteiger charge is 2.34. The zero-order chi connectivity index (χ0) is 15.6. The molecule has 0 bridgehead atoms. The van der Waals surface area contributed by atoms with Crippen LogP contribution in [0, 0.1) is 15.5 Å². The second kappa shape index (κ2) is 5.71. The normalized spacial score (nSPS) is 16.8. The van der Waals surface area contributed by atoms with E-state index < -0.39 is 4.92 Å². The molecule has 1 fully saturated rings. The summed E-state index contributed by atoms with van der Waals surface area (Å²) in [5, 5.41) is 14.2. The number of carbonyl (C=O) groups is 1. The molecule has 1 aliphatic heterocycles. The van der Waals surface area contributed by atoms with E-state index in [0.29, 0.717) is 19.6 Å². The van der Waals surface area contributed by atoms with Crippen molar-refractivity contribution in [3.63, 3.8) is 0 Å². The summed E-state index contributed by atoms with van der Waals surface area (Å²) in [7, 11) is 0. The third kappa shape index (κ3) is 3.32. The van der Waals surface area contributed by atoms with Gasteiger partial charge >= 0.3 is 0 Å². The van der Waals surface area contributed by atoms with Crippen molar-refractivity contribution in [3.8, 4) is 0 Å². The van der Waals surface area contributed by atoms with Crippen molar-refractivity contribution >= 4 is 17.3 Å². The first kappa shape index (κ1) is 15.3. The Kier molecular flexibility index (Phi) is 4.16. The minimum atomic E-state index is -0.496. The highest BCUT2D eigenvalue weighted by Crippen LogP contribution is 2.32. The summed E-state index contributed by atoms with van der Waals surface area (Å²) >= 11 is 0. The summed E-state index contributed by atoms with van der Waals surface area (Å²) in [4.78, 5) is 25.0. The van der Waals surface area contributed by atoms with Gasteiger partial charge in [-0.05, 0) is 30.9 Å². The first-order valence-electron chi connectivity index (χ1n) is 7.15. The SMILES string of the molecule is CCNc1ccc([N+](=O)[O-])c(C(=O)N2CCC(C)(C)C2)c1. The maximum atomic E-state index is 12.6. The van der Waals surface area contributed by atoms with Crippen LogP contribution in [0.5, 0.6) is 0 Å². The van der Waals surface area contributed by atoms with E-state index in [1.54, 1.807) is 17.0 Å². The summed E-state index contributed by atoms with van der Waals surface area (Å²) in [6.45, 7) is 8.12.